The van der Waals surface area contributed by atoms with E-state index in [4.69, 9.17) is 5.11 Å². The lowest BCUT2D eigenvalue weighted by atomic mass is 10.3. The molecule has 0 bridgehead atoms. The molecule has 0 atom stereocenters. The summed E-state index contributed by atoms with van der Waals surface area (Å²) < 4.78 is 25.9. The van der Waals surface area contributed by atoms with Crippen LogP contribution in [0, 0.1) is 0 Å². The van der Waals surface area contributed by atoms with E-state index < -0.39 is 21.6 Å². The number of aromatic nitrogens is 2. The van der Waals surface area contributed by atoms with E-state index >= 15 is 0 Å². The average molecular weight is 296 g/mol. The van der Waals surface area contributed by atoms with Gasteiger partial charge in [-0.3, -0.25) is 4.98 Å². The number of aromatic hydroxyl groups is 1. The lowest BCUT2D eigenvalue weighted by Crippen LogP contribution is -2.23. The molecule has 2 N–H and O–H groups in total. The molecule has 3 rings (SSSR count). The summed E-state index contributed by atoms with van der Waals surface area (Å²) >= 11 is 1.07. The fourth-order valence-corrected chi connectivity index (χ4v) is 4.42. The number of aromatic amines is 1. The second-order valence-corrected chi connectivity index (χ2v) is 6.97. The van der Waals surface area contributed by atoms with E-state index in [2.05, 4.69) is 0 Å². The molecule has 2 heterocycles. The van der Waals surface area contributed by atoms with Gasteiger partial charge in [0.1, 0.15) is 4.21 Å². The minimum Gasteiger partial charge on any atom is -0.493 e. The fraction of sp³-hybridized carbons (Fsp3) is 0. The van der Waals surface area contributed by atoms with Crippen molar-refractivity contribution in [2.75, 3.05) is 0 Å². The maximum absolute atomic E-state index is 12.3. The SMILES string of the molecule is O=c1[nH]c(O)cn1S(=O)(=O)c1cc2ccccc2s1. The van der Waals surface area contributed by atoms with Gasteiger partial charge >= 0.3 is 5.69 Å². The predicted molar refractivity (Wildman–Crippen MR) is 71.1 cm³/mol. The first-order valence-electron chi connectivity index (χ1n) is 5.23. The lowest BCUT2D eigenvalue weighted by Gasteiger charge is -1.99. The highest BCUT2D eigenvalue weighted by molar-refractivity contribution is 7.92. The Morgan fingerprint density at radius 2 is 2.00 bits per heavy atom. The topological polar surface area (TPSA) is 92.2 Å². The molecule has 8 heteroatoms. The van der Waals surface area contributed by atoms with Gasteiger partial charge < -0.3 is 5.11 Å². The Bertz CT molecular complexity index is 884. The van der Waals surface area contributed by atoms with Crippen LogP contribution in [0.5, 0.6) is 5.88 Å². The Kier molecular flexibility index (Phi) is 2.51. The first-order chi connectivity index (χ1) is 8.98. The van der Waals surface area contributed by atoms with Crippen molar-refractivity contribution in [3.8, 4) is 5.88 Å². The van der Waals surface area contributed by atoms with E-state index in [0.29, 0.717) is 3.97 Å². The van der Waals surface area contributed by atoms with Gasteiger partial charge in [-0.1, -0.05) is 18.2 Å². The third-order valence-electron chi connectivity index (χ3n) is 2.59. The smallest absolute Gasteiger partial charge is 0.342 e. The number of fused-ring (bicyclic) bond motifs is 1. The lowest BCUT2D eigenvalue weighted by molar-refractivity contribution is 0.455. The molecule has 98 valence electrons. The highest BCUT2D eigenvalue weighted by Gasteiger charge is 2.22. The van der Waals surface area contributed by atoms with E-state index in [1.807, 2.05) is 11.1 Å². The summed E-state index contributed by atoms with van der Waals surface area (Å²) in [4.78, 5) is 13.5. The predicted octanol–water partition coefficient (Wildman–Crippen LogP) is 1.33. The zero-order chi connectivity index (χ0) is 13.6. The monoisotopic (exact) mass is 296 g/mol. The van der Waals surface area contributed by atoms with Gasteiger partial charge in [-0.25, -0.2) is 4.79 Å². The van der Waals surface area contributed by atoms with Gasteiger partial charge in [0.25, 0.3) is 10.0 Å². The van der Waals surface area contributed by atoms with Crippen molar-refractivity contribution in [2.24, 2.45) is 0 Å². The van der Waals surface area contributed by atoms with Gasteiger partial charge in [0, 0.05) is 4.70 Å². The number of rotatable bonds is 2. The Labute approximate surface area is 111 Å². The molecular formula is C11H8N2O4S2. The van der Waals surface area contributed by atoms with E-state index in [1.165, 1.54) is 6.07 Å². The molecule has 0 unspecified atom stereocenters. The summed E-state index contributed by atoms with van der Waals surface area (Å²) in [7, 11) is -3.98. The highest BCUT2D eigenvalue weighted by Crippen LogP contribution is 2.29. The first kappa shape index (κ1) is 12.0. The second-order valence-electron chi connectivity index (χ2n) is 3.85. The molecule has 1 aromatic carbocycles. The van der Waals surface area contributed by atoms with Crippen molar-refractivity contribution in [3.63, 3.8) is 0 Å². The molecule has 0 amide bonds. The number of nitrogens with zero attached hydrogens (tertiary/aromatic N) is 1. The minimum atomic E-state index is -3.98. The molecule has 0 aliphatic heterocycles. The van der Waals surface area contributed by atoms with Crippen LogP contribution in [-0.2, 0) is 10.0 Å². The van der Waals surface area contributed by atoms with Crippen LogP contribution >= 0.6 is 11.3 Å². The molecule has 0 radical (unpaired) electrons. The molecule has 3 aromatic rings. The first-order valence-corrected chi connectivity index (χ1v) is 7.49. The van der Waals surface area contributed by atoms with Gasteiger partial charge in [0.15, 0.2) is 0 Å². The Hall–Kier alpha value is -2.06. The van der Waals surface area contributed by atoms with Crippen LogP contribution in [0.4, 0.5) is 0 Å². The maximum Gasteiger partial charge on any atom is 0.342 e. The molecule has 0 saturated heterocycles. The van der Waals surface area contributed by atoms with Crippen molar-refractivity contribution in [1.82, 2.24) is 8.96 Å². The van der Waals surface area contributed by atoms with Crippen LogP contribution in [-0.4, -0.2) is 22.5 Å². The van der Waals surface area contributed by atoms with Crippen LogP contribution < -0.4 is 5.69 Å². The van der Waals surface area contributed by atoms with E-state index in [9.17, 15) is 13.2 Å². The summed E-state index contributed by atoms with van der Waals surface area (Å²) in [5, 5.41) is 9.94. The average Bonchev–Trinajstić information content (AvgIpc) is 2.92. The Morgan fingerprint density at radius 3 is 2.63 bits per heavy atom. The van der Waals surface area contributed by atoms with Crippen molar-refractivity contribution in [3.05, 3.63) is 47.0 Å². The molecule has 19 heavy (non-hydrogen) atoms. The Balaban J connectivity index is 2.25. The zero-order valence-electron chi connectivity index (χ0n) is 9.40. The summed E-state index contributed by atoms with van der Waals surface area (Å²) in [5.41, 5.74) is -0.894. The van der Waals surface area contributed by atoms with E-state index in [1.54, 1.807) is 18.2 Å². The summed E-state index contributed by atoms with van der Waals surface area (Å²) in [5.74, 6) is -0.491. The normalized spacial score (nSPS) is 12.0. The largest absolute Gasteiger partial charge is 0.493 e. The Morgan fingerprint density at radius 1 is 1.26 bits per heavy atom. The van der Waals surface area contributed by atoms with Gasteiger partial charge in [-0.15, -0.1) is 11.3 Å². The fourth-order valence-electron chi connectivity index (χ4n) is 1.73. The van der Waals surface area contributed by atoms with Crippen molar-refractivity contribution < 1.29 is 13.5 Å². The summed E-state index contributed by atoms with van der Waals surface area (Å²) in [6, 6.07) is 8.72. The zero-order valence-corrected chi connectivity index (χ0v) is 11.0. The second kappa shape index (κ2) is 3.97. The molecule has 6 nitrogen and oxygen atoms in total. The molecule has 0 aliphatic rings. The number of H-pyrrole nitrogens is 1. The number of hydrogen-bond donors (Lipinski definition) is 2. The summed E-state index contributed by atoms with van der Waals surface area (Å²) in [6.45, 7) is 0. The standard InChI is InChI=1S/C11H8N2O4S2/c14-9-6-13(11(15)12-9)19(16,17)10-5-7-3-1-2-4-8(7)18-10/h1-6,14H,(H,12,15). The van der Waals surface area contributed by atoms with Crippen LogP contribution in [0.25, 0.3) is 10.1 Å². The van der Waals surface area contributed by atoms with Gasteiger partial charge in [-0.05, 0) is 17.5 Å². The number of imidazole rings is 1. The third kappa shape index (κ3) is 1.85. The van der Waals surface area contributed by atoms with Gasteiger partial charge in [-0.2, -0.15) is 12.4 Å². The molecular weight excluding hydrogens is 288 g/mol. The van der Waals surface area contributed by atoms with Gasteiger partial charge in [0.2, 0.25) is 5.88 Å². The van der Waals surface area contributed by atoms with Gasteiger partial charge in [0.05, 0.1) is 6.20 Å². The van der Waals surface area contributed by atoms with Crippen LogP contribution in [0.15, 0.2) is 45.5 Å². The molecule has 0 aliphatic carbocycles. The quantitative estimate of drug-likeness (QED) is 0.746. The van der Waals surface area contributed by atoms with E-state index in [-0.39, 0.29) is 4.21 Å². The molecule has 0 spiro atoms. The third-order valence-corrected chi connectivity index (χ3v) is 5.80. The number of thiophene rings is 1. The van der Waals surface area contributed by atoms with Crippen molar-refractivity contribution >= 4 is 31.4 Å². The maximum atomic E-state index is 12.3. The number of benzene rings is 1. The van der Waals surface area contributed by atoms with Crippen LogP contribution in [0.2, 0.25) is 0 Å². The number of hydrogen-bond acceptors (Lipinski definition) is 5. The van der Waals surface area contributed by atoms with Crippen LogP contribution in [0.1, 0.15) is 0 Å². The van der Waals surface area contributed by atoms with Crippen LogP contribution in [0.3, 0.4) is 0 Å². The number of nitrogens with one attached hydrogen (secondary N) is 1. The molecule has 0 fully saturated rings. The van der Waals surface area contributed by atoms with Crippen molar-refractivity contribution in [1.29, 1.82) is 0 Å². The van der Waals surface area contributed by atoms with Crippen molar-refractivity contribution in [2.45, 2.75) is 4.21 Å². The molecule has 2 aromatic heterocycles. The summed E-state index contributed by atoms with van der Waals surface area (Å²) in [6.07, 6.45) is 0.849. The minimum absolute atomic E-state index is 0.0507. The molecule has 0 saturated carbocycles. The van der Waals surface area contributed by atoms with E-state index in [0.717, 1.165) is 27.6 Å². The highest BCUT2D eigenvalue weighted by atomic mass is 32.2.